The Kier molecular flexibility index (Phi) is 6.98. The van der Waals surface area contributed by atoms with Crippen molar-refractivity contribution >= 4 is 11.3 Å². The van der Waals surface area contributed by atoms with Crippen LogP contribution in [0.3, 0.4) is 0 Å². The zero-order chi connectivity index (χ0) is 26.9. The van der Waals surface area contributed by atoms with Gasteiger partial charge in [0.15, 0.2) is 0 Å². The van der Waals surface area contributed by atoms with E-state index in [9.17, 15) is 14.0 Å². The fourth-order valence-electron chi connectivity index (χ4n) is 5.83. The molecule has 2 saturated heterocycles. The van der Waals surface area contributed by atoms with Gasteiger partial charge in [0.1, 0.15) is 23.5 Å². The molecular formula is C30H31F2N7. The van der Waals surface area contributed by atoms with Gasteiger partial charge in [-0.1, -0.05) is 13.0 Å². The van der Waals surface area contributed by atoms with E-state index in [0.29, 0.717) is 24.6 Å². The summed E-state index contributed by atoms with van der Waals surface area (Å²) in [6.07, 6.45) is 6.68. The number of nitrogens with zero attached hydrogens (tertiary/aromatic N) is 7. The quantitative estimate of drug-likeness (QED) is 0.363. The van der Waals surface area contributed by atoms with Gasteiger partial charge in [0.2, 0.25) is 0 Å². The van der Waals surface area contributed by atoms with Crippen LogP contribution in [0.1, 0.15) is 36.0 Å². The molecule has 0 aliphatic carbocycles. The van der Waals surface area contributed by atoms with Gasteiger partial charge in [-0.3, -0.25) is 4.90 Å². The van der Waals surface area contributed by atoms with Crippen LogP contribution in [-0.4, -0.2) is 70.2 Å². The summed E-state index contributed by atoms with van der Waals surface area (Å²) in [5, 5.41) is 14.2. The van der Waals surface area contributed by atoms with E-state index in [1.54, 1.807) is 6.20 Å². The van der Waals surface area contributed by atoms with E-state index >= 15 is 0 Å². The number of likely N-dealkylation sites (tertiary alicyclic amines) is 1. The number of benzene rings is 1. The Morgan fingerprint density at radius 2 is 1.79 bits per heavy atom. The molecule has 0 saturated carbocycles. The van der Waals surface area contributed by atoms with Crippen molar-refractivity contribution in [1.29, 1.82) is 5.26 Å². The fourth-order valence-corrected chi connectivity index (χ4v) is 5.83. The van der Waals surface area contributed by atoms with Gasteiger partial charge >= 0.3 is 0 Å². The number of likely N-dealkylation sites (N-methyl/N-ethyl adjacent to an activating group) is 1. The number of fused-ring (bicyclic) bond motifs is 1. The van der Waals surface area contributed by atoms with E-state index in [1.807, 2.05) is 16.8 Å². The Hall–Kier alpha value is -3.87. The molecule has 6 rings (SSSR count). The van der Waals surface area contributed by atoms with Crippen LogP contribution in [0.4, 0.5) is 14.6 Å². The second-order valence-electron chi connectivity index (χ2n) is 10.4. The normalized spacial score (nSPS) is 18.6. The molecule has 3 aromatic heterocycles. The summed E-state index contributed by atoms with van der Waals surface area (Å²) >= 11 is 0. The molecule has 200 valence electrons. The number of pyridine rings is 2. The van der Waals surface area contributed by atoms with Crippen molar-refractivity contribution in [3.8, 4) is 17.2 Å². The van der Waals surface area contributed by atoms with E-state index < -0.39 is 11.6 Å². The molecular weight excluding hydrogens is 496 g/mol. The molecule has 0 N–H and O–H groups in total. The van der Waals surface area contributed by atoms with Crippen LogP contribution in [-0.2, 0) is 6.54 Å². The molecule has 1 aromatic carbocycles. The molecule has 39 heavy (non-hydrogen) atoms. The van der Waals surface area contributed by atoms with Crippen LogP contribution >= 0.6 is 0 Å². The Morgan fingerprint density at radius 3 is 2.46 bits per heavy atom. The Balaban J connectivity index is 1.21. The third-order valence-corrected chi connectivity index (χ3v) is 8.14. The van der Waals surface area contributed by atoms with Crippen molar-refractivity contribution in [2.75, 3.05) is 50.7 Å². The average molecular weight is 528 g/mol. The molecule has 1 atom stereocenters. The summed E-state index contributed by atoms with van der Waals surface area (Å²) in [5.74, 6) is 0.303. The first-order chi connectivity index (χ1) is 19.0. The van der Waals surface area contributed by atoms with Crippen molar-refractivity contribution < 1.29 is 8.78 Å². The number of aromatic nitrogens is 3. The fraction of sp³-hybridized carbons (Fsp3) is 0.367. The van der Waals surface area contributed by atoms with E-state index in [0.717, 1.165) is 61.6 Å². The van der Waals surface area contributed by atoms with Crippen LogP contribution in [0.15, 0.2) is 55.0 Å². The molecule has 4 aromatic rings. The van der Waals surface area contributed by atoms with Gasteiger partial charge in [0.25, 0.3) is 0 Å². The van der Waals surface area contributed by atoms with Crippen molar-refractivity contribution in [2.45, 2.75) is 25.8 Å². The lowest BCUT2D eigenvalue weighted by atomic mass is 9.95. The van der Waals surface area contributed by atoms with Gasteiger partial charge in [-0.2, -0.15) is 10.4 Å². The third-order valence-electron chi connectivity index (χ3n) is 8.14. The molecule has 1 unspecified atom stereocenters. The number of halogens is 2. The Bertz CT molecular complexity index is 1500. The first-order valence-corrected chi connectivity index (χ1v) is 13.5. The van der Waals surface area contributed by atoms with E-state index in [-0.39, 0.29) is 12.1 Å². The highest BCUT2D eigenvalue weighted by atomic mass is 19.1. The van der Waals surface area contributed by atoms with Crippen LogP contribution in [0.25, 0.3) is 16.6 Å². The molecule has 5 heterocycles. The maximum atomic E-state index is 14.1. The first-order valence-electron chi connectivity index (χ1n) is 13.5. The number of hydrogen-bond donors (Lipinski definition) is 0. The average Bonchev–Trinajstić information content (AvgIpc) is 3.62. The molecule has 0 spiro atoms. The van der Waals surface area contributed by atoms with E-state index in [2.05, 4.69) is 51.1 Å². The maximum absolute atomic E-state index is 14.1. The molecule has 0 amide bonds. The molecule has 7 nitrogen and oxygen atoms in total. The first kappa shape index (κ1) is 25.4. The topological polar surface area (TPSA) is 63.7 Å². The van der Waals surface area contributed by atoms with Crippen molar-refractivity contribution in [2.24, 2.45) is 0 Å². The second-order valence-corrected chi connectivity index (χ2v) is 10.4. The largest absolute Gasteiger partial charge is 0.354 e. The highest BCUT2D eigenvalue weighted by Gasteiger charge is 2.25. The number of rotatable bonds is 6. The molecule has 2 aliphatic heterocycles. The Labute approximate surface area is 226 Å². The van der Waals surface area contributed by atoms with E-state index in [1.165, 1.54) is 23.8 Å². The van der Waals surface area contributed by atoms with E-state index in [4.69, 9.17) is 4.98 Å². The minimum Gasteiger partial charge on any atom is -0.354 e. The third kappa shape index (κ3) is 4.98. The predicted octanol–water partition coefficient (Wildman–Crippen LogP) is 4.68. The van der Waals surface area contributed by atoms with Crippen LogP contribution < -0.4 is 4.90 Å². The number of nitriles is 1. The van der Waals surface area contributed by atoms with Crippen LogP contribution in [0.5, 0.6) is 0 Å². The van der Waals surface area contributed by atoms with Crippen LogP contribution in [0.2, 0.25) is 0 Å². The highest BCUT2D eigenvalue weighted by molar-refractivity contribution is 5.84. The molecule has 9 heteroatoms. The van der Waals surface area contributed by atoms with Gasteiger partial charge in [0, 0.05) is 68.4 Å². The highest BCUT2D eigenvalue weighted by Crippen LogP contribution is 2.34. The molecule has 2 aliphatic rings. The van der Waals surface area contributed by atoms with Crippen molar-refractivity contribution in [3.05, 3.63) is 83.3 Å². The minimum atomic E-state index is -0.499. The lowest BCUT2D eigenvalue weighted by Crippen LogP contribution is -2.46. The summed E-state index contributed by atoms with van der Waals surface area (Å²) in [4.78, 5) is 11.5. The second kappa shape index (κ2) is 10.7. The number of piperazine rings is 1. The SMILES string of the molecule is CCN1CCC(c2cc(-c3ccc(N4CCN(Cc5c(F)cccc5F)CC4)nc3)c3c(C#N)cnn3c2)C1. The zero-order valence-corrected chi connectivity index (χ0v) is 22.0. The molecule has 2 fully saturated rings. The lowest BCUT2D eigenvalue weighted by molar-refractivity contribution is 0.242. The standard InChI is InChI=1S/C30H31F2N7/c1-2-36-9-8-22(18-36)23-14-25(30-24(15-33)17-35-39(30)19-23)21-6-7-29(34-16-21)38-12-10-37(11-13-38)20-26-27(31)4-3-5-28(26)32/h3-7,14,16-17,19,22H,2,8-13,18,20H2,1H3. The predicted molar refractivity (Wildman–Crippen MR) is 146 cm³/mol. The van der Waals surface area contributed by atoms with Gasteiger partial charge in [-0.25, -0.2) is 18.3 Å². The molecule has 0 radical (unpaired) electrons. The smallest absolute Gasteiger partial charge is 0.130 e. The summed E-state index contributed by atoms with van der Waals surface area (Å²) in [6.45, 7) is 8.45. The van der Waals surface area contributed by atoms with Gasteiger partial charge in [-0.15, -0.1) is 0 Å². The Morgan fingerprint density at radius 1 is 1.00 bits per heavy atom. The van der Waals surface area contributed by atoms with Gasteiger partial charge < -0.3 is 9.80 Å². The summed E-state index contributed by atoms with van der Waals surface area (Å²) in [6, 6.07) is 12.6. The zero-order valence-electron chi connectivity index (χ0n) is 22.0. The van der Waals surface area contributed by atoms with Gasteiger partial charge in [0.05, 0.1) is 17.3 Å². The summed E-state index contributed by atoms with van der Waals surface area (Å²) < 4.78 is 30.0. The monoisotopic (exact) mass is 527 g/mol. The summed E-state index contributed by atoms with van der Waals surface area (Å²) in [7, 11) is 0. The lowest BCUT2D eigenvalue weighted by Gasteiger charge is -2.35. The van der Waals surface area contributed by atoms with Crippen LogP contribution in [0, 0.1) is 23.0 Å². The number of hydrogen-bond acceptors (Lipinski definition) is 6. The maximum Gasteiger partial charge on any atom is 0.130 e. The molecule has 0 bridgehead atoms. The summed E-state index contributed by atoms with van der Waals surface area (Å²) in [5.41, 5.74) is 4.61. The van der Waals surface area contributed by atoms with Gasteiger partial charge in [-0.05, 0) is 61.3 Å². The van der Waals surface area contributed by atoms with Crippen molar-refractivity contribution in [3.63, 3.8) is 0 Å². The van der Waals surface area contributed by atoms with Crippen molar-refractivity contribution in [1.82, 2.24) is 24.4 Å². The minimum absolute atomic E-state index is 0.124. The number of anilines is 1.